The summed E-state index contributed by atoms with van der Waals surface area (Å²) in [5.74, 6) is 1.48. The molecule has 2 aliphatic rings. The number of hydrogen-bond donors (Lipinski definition) is 0. The van der Waals surface area contributed by atoms with Crippen molar-refractivity contribution in [3.8, 4) is 5.75 Å². The Balaban J connectivity index is 1.78. The van der Waals surface area contributed by atoms with E-state index in [9.17, 15) is 9.59 Å². The molecule has 0 N–H and O–H groups in total. The lowest BCUT2D eigenvalue weighted by atomic mass is 9.89. The molecule has 1 aromatic rings. The van der Waals surface area contributed by atoms with Gasteiger partial charge in [-0.05, 0) is 24.6 Å². The highest BCUT2D eigenvalue weighted by Gasteiger charge is 2.50. The fourth-order valence-corrected chi connectivity index (χ4v) is 4.39. The van der Waals surface area contributed by atoms with Crippen molar-refractivity contribution in [2.45, 2.75) is 19.4 Å². The van der Waals surface area contributed by atoms with Crippen molar-refractivity contribution in [3.63, 3.8) is 0 Å². The average molecular weight is 389 g/mol. The first-order valence-corrected chi connectivity index (χ1v) is 9.93. The molecule has 2 fully saturated rings. The monoisotopic (exact) mass is 389 g/mol. The average Bonchev–Trinajstić information content (AvgIpc) is 3.25. The molecular weight excluding hydrogens is 358 g/mol. The van der Waals surface area contributed by atoms with Crippen LogP contribution in [0.25, 0.3) is 0 Å². The molecule has 154 valence electrons. The minimum Gasteiger partial charge on any atom is -0.497 e. The van der Waals surface area contributed by atoms with Crippen molar-refractivity contribution in [1.29, 1.82) is 0 Å². The molecule has 2 heterocycles. The van der Waals surface area contributed by atoms with Crippen molar-refractivity contribution < 1.29 is 19.1 Å². The second kappa shape index (κ2) is 8.82. The number of ether oxygens (including phenoxy) is 2. The molecule has 3 atom stereocenters. The van der Waals surface area contributed by atoms with Crippen LogP contribution in [0.4, 0.5) is 4.79 Å². The van der Waals surface area contributed by atoms with E-state index in [2.05, 4.69) is 0 Å². The predicted octanol–water partition coefficient (Wildman–Crippen LogP) is 2.23. The van der Waals surface area contributed by atoms with Gasteiger partial charge in [0.15, 0.2) is 0 Å². The van der Waals surface area contributed by atoms with E-state index in [0.717, 1.165) is 11.3 Å². The Morgan fingerprint density at radius 2 is 1.86 bits per heavy atom. The lowest BCUT2D eigenvalue weighted by Crippen LogP contribution is -2.42. The standard InChI is InChI=1S/C21H31N3O4/c1-5-28-11-10-19(25)23-12-16-13-24(21(26)22(2)3)20(18(16)14-23)15-6-8-17(27-4)9-7-15/h6-9,16,18,20H,5,10-14H2,1-4H3/t16-,18-,20+/m1/s1. The van der Waals surface area contributed by atoms with E-state index in [1.807, 2.05) is 41.0 Å². The molecule has 0 saturated carbocycles. The summed E-state index contributed by atoms with van der Waals surface area (Å²) >= 11 is 0. The van der Waals surface area contributed by atoms with E-state index in [4.69, 9.17) is 9.47 Å². The van der Waals surface area contributed by atoms with E-state index in [0.29, 0.717) is 45.2 Å². The van der Waals surface area contributed by atoms with Gasteiger partial charge in [0.1, 0.15) is 5.75 Å². The van der Waals surface area contributed by atoms with Crippen LogP contribution in [-0.2, 0) is 9.53 Å². The highest BCUT2D eigenvalue weighted by atomic mass is 16.5. The van der Waals surface area contributed by atoms with Gasteiger partial charge in [-0.15, -0.1) is 0 Å². The molecule has 0 aliphatic carbocycles. The van der Waals surface area contributed by atoms with Crippen LogP contribution in [0.2, 0.25) is 0 Å². The highest BCUT2D eigenvalue weighted by Crippen LogP contribution is 2.45. The molecule has 0 aromatic heterocycles. The number of hydrogen-bond acceptors (Lipinski definition) is 4. The number of methoxy groups -OCH3 is 1. The van der Waals surface area contributed by atoms with Crippen LogP contribution in [-0.4, -0.2) is 80.7 Å². The molecule has 0 radical (unpaired) electrons. The molecular formula is C21H31N3O4. The quantitative estimate of drug-likeness (QED) is 0.700. The van der Waals surface area contributed by atoms with Crippen LogP contribution < -0.4 is 4.74 Å². The number of likely N-dealkylation sites (tertiary alicyclic amines) is 2. The third-order valence-corrected chi connectivity index (χ3v) is 5.77. The fourth-order valence-electron chi connectivity index (χ4n) is 4.39. The Bertz CT molecular complexity index is 691. The van der Waals surface area contributed by atoms with Gasteiger partial charge in [0.25, 0.3) is 0 Å². The first-order valence-electron chi connectivity index (χ1n) is 9.93. The van der Waals surface area contributed by atoms with E-state index in [1.54, 1.807) is 26.1 Å². The van der Waals surface area contributed by atoms with E-state index >= 15 is 0 Å². The number of benzene rings is 1. The maximum Gasteiger partial charge on any atom is 0.320 e. The first-order chi connectivity index (χ1) is 13.5. The van der Waals surface area contributed by atoms with Crippen molar-refractivity contribution in [2.24, 2.45) is 11.8 Å². The highest BCUT2D eigenvalue weighted by molar-refractivity contribution is 5.77. The number of rotatable bonds is 6. The number of urea groups is 1. The summed E-state index contributed by atoms with van der Waals surface area (Å²) in [6, 6.07) is 7.91. The zero-order chi connectivity index (χ0) is 20.3. The molecule has 2 aliphatic heterocycles. The van der Waals surface area contributed by atoms with Crippen LogP contribution in [0.3, 0.4) is 0 Å². The molecule has 0 unspecified atom stereocenters. The normalized spacial score (nSPS) is 23.6. The van der Waals surface area contributed by atoms with Crippen molar-refractivity contribution in [1.82, 2.24) is 14.7 Å². The van der Waals surface area contributed by atoms with Gasteiger partial charge < -0.3 is 24.2 Å². The van der Waals surface area contributed by atoms with E-state index in [1.165, 1.54) is 0 Å². The molecule has 1 aromatic carbocycles. The summed E-state index contributed by atoms with van der Waals surface area (Å²) in [5, 5.41) is 0. The molecule has 7 heteroatoms. The molecule has 3 amide bonds. The van der Waals surface area contributed by atoms with Crippen LogP contribution in [0.5, 0.6) is 5.75 Å². The van der Waals surface area contributed by atoms with Gasteiger partial charge in [-0.2, -0.15) is 0 Å². The van der Waals surface area contributed by atoms with Gasteiger partial charge in [-0.25, -0.2) is 4.79 Å². The lowest BCUT2D eigenvalue weighted by molar-refractivity contribution is -0.131. The number of amides is 3. The number of carbonyl (C=O) groups is 2. The zero-order valence-corrected chi connectivity index (χ0v) is 17.3. The Hall–Kier alpha value is -2.28. The summed E-state index contributed by atoms with van der Waals surface area (Å²) in [6.45, 7) is 5.09. The van der Waals surface area contributed by atoms with E-state index < -0.39 is 0 Å². The Morgan fingerprint density at radius 3 is 2.46 bits per heavy atom. The molecule has 2 saturated heterocycles. The van der Waals surface area contributed by atoms with Gasteiger partial charge in [-0.1, -0.05) is 12.1 Å². The summed E-state index contributed by atoms with van der Waals surface area (Å²) < 4.78 is 10.6. The van der Waals surface area contributed by atoms with Gasteiger partial charge in [0.05, 0.1) is 26.2 Å². The van der Waals surface area contributed by atoms with Crippen LogP contribution in [0.1, 0.15) is 24.9 Å². The third kappa shape index (κ3) is 4.09. The SMILES string of the molecule is CCOCCC(=O)N1C[C@@H]2CN(C(=O)N(C)C)[C@@H](c3ccc(OC)cc3)[C@@H]2C1. The predicted molar refractivity (Wildman–Crippen MR) is 106 cm³/mol. The first kappa shape index (κ1) is 20.5. The smallest absolute Gasteiger partial charge is 0.320 e. The lowest BCUT2D eigenvalue weighted by Gasteiger charge is -2.32. The molecule has 0 spiro atoms. The molecule has 7 nitrogen and oxygen atoms in total. The summed E-state index contributed by atoms with van der Waals surface area (Å²) in [4.78, 5) is 30.9. The summed E-state index contributed by atoms with van der Waals surface area (Å²) in [7, 11) is 5.21. The maximum atomic E-state index is 12.8. The third-order valence-electron chi connectivity index (χ3n) is 5.77. The molecule has 28 heavy (non-hydrogen) atoms. The molecule has 0 bridgehead atoms. The second-order valence-electron chi connectivity index (χ2n) is 7.72. The van der Waals surface area contributed by atoms with Gasteiger partial charge in [0.2, 0.25) is 5.91 Å². The van der Waals surface area contributed by atoms with Crippen LogP contribution in [0, 0.1) is 11.8 Å². The number of nitrogens with zero attached hydrogens (tertiary/aromatic N) is 3. The fraction of sp³-hybridized carbons (Fsp3) is 0.619. The van der Waals surface area contributed by atoms with Gasteiger partial charge >= 0.3 is 6.03 Å². The van der Waals surface area contributed by atoms with Gasteiger partial charge in [0, 0.05) is 52.2 Å². The summed E-state index contributed by atoms with van der Waals surface area (Å²) in [5.41, 5.74) is 1.09. The topological polar surface area (TPSA) is 62.3 Å². The van der Waals surface area contributed by atoms with Crippen LogP contribution in [0.15, 0.2) is 24.3 Å². The minimum atomic E-state index is -0.0319. The summed E-state index contributed by atoms with van der Waals surface area (Å²) in [6.07, 6.45) is 0.417. The van der Waals surface area contributed by atoms with Gasteiger partial charge in [-0.3, -0.25) is 4.79 Å². The van der Waals surface area contributed by atoms with Crippen molar-refractivity contribution in [2.75, 3.05) is 54.1 Å². The molecule has 3 rings (SSSR count). The number of carbonyl (C=O) groups excluding carboxylic acids is 2. The second-order valence-corrected chi connectivity index (χ2v) is 7.72. The van der Waals surface area contributed by atoms with Crippen molar-refractivity contribution >= 4 is 11.9 Å². The maximum absolute atomic E-state index is 12.8. The minimum absolute atomic E-state index is 0.0180. The Labute approximate surface area is 167 Å². The Morgan fingerprint density at radius 1 is 1.14 bits per heavy atom. The Kier molecular flexibility index (Phi) is 6.44. The van der Waals surface area contributed by atoms with Crippen molar-refractivity contribution in [3.05, 3.63) is 29.8 Å². The number of fused-ring (bicyclic) bond motifs is 1. The van der Waals surface area contributed by atoms with E-state index in [-0.39, 0.29) is 23.9 Å². The largest absolute Gasteiger partial charge is 0.497 e. The zero-order valence-electron chi connectivity index (χ0n) is 17.3. The van der Waals surface area contributed by atoms with Crippen LogP contribution >= 0.6 is 0 Å².